The number of ether oxygens (including phenoxy) is 2. The van der Waals surface area contributed by atoms with E-state index in [1.54, 1.807) is 0 Å². The number of carbonyl (C=O) groups excluding carboxylic acids is 3. The number of carbonyl (C=O) groups is 2. The summed E-state index contributed by atoms with van der Waals surface area (Å²) in [5, 5.41) is 0. The molecule has 0 unspecified atom stereocenters. The van der Waals surface area contributed by atoms with Crippen LogP contribution in [0.1, 0.15) is 6.42 Å². The number of isocyanates is 1. The zero-order chi connectivity index (χ0) is 12.4. The van der Waals surface area contributed by atoms with Crippen molar-refractivity contribution in [1.29, 1.82) is 0 Å². The Morgan fingerprint density at radius 2 is 1.75 bits per heavy atom. The van der Waals surface area contributed by atoms with Crippen LogP contribution in [-0.4, -0.2) is 30.9 Å². The Bertz CT molecular complexity index is 308. The third-order valence-electron chi connectivity index (χ3n) is 1.37. The molecule has 0 N–H and O–H groups in total. The summed E-state index contributed by atoms with van der Waals surface area (Å²) in [7, 11) is 0. The predicted molar refractivity (Wildman–Crippen MR) is 54.0 cm³/mol. The molecule has 0 aliphatic heterocycles. The van der Waals surface area contributed by atoms with Crippen LogP contribution < -0.4 is 0 Å². The van der Waals surface area contributed by atoms with Gasteiger partial charge in [0.15, 0.2) is 0 Å². The lowest BCUT2D eigenvalue weighted by molar-refractivity contribution is -0.181. The molecule has 0 bridgehead atoms. The molecule has 0 heterocycles. The van der Waals surface area contributed by atoms with Crippen molar-refractivity contribution < 1.29 is 23.9 Å². The summed E-state index contributed by atoms with van der Waals surface area (Å²) >= 11 is 0. The van der Waals surface area contributed by atoms with E-state index < -0.39 is 18.2 Å². The summed E-state index contributed by atoms with van der Waals surface area (Å²) in [4.78, 5) is 34.8. The molecule has 0 saturated carbocycles. The summed E-state index contributed by atoms with van der Waals surface area (Å²) in [6.07, 6.45) is 2.11. The molecule has 0 atom stereocenters. The molecular weight excluding hydrogens is 214 g/mol. The van der Waals surface area contributed by atoms with Crippen LogP contribution in [0.3, 0.4) is 0 Å². The number of hydrogen-bond donors (Lipinski definition) is 0. The third-order valence-corrected chi connectivity index (χ3v) is 1.37. The maximum Gasteiger partial charge on any atom is 0.333 e. The highest BCUT2D eigenvalue weighted by atomic mass is 16.7. The van der Waals surface area contributed by atoms with Crippen LogP contribution in [0.4, 0.5) is 0 Å². The van der Waals surface area contributed by atoms with Gasteiger partial charge in [-0.15, -0.1) is 0 Å². The van der Waals surface area contributed by atoms with Crippen molar-refractivity contribution in [3.63, 3.8) is 0 Å². The number of esters is 2. The Hall–Kier alpha value is -2.20. The predicted octanol–water partition coefficient (Wildman–Crippen LogP) is 0.497. The van der Waals surface area contributed by atoms with E-state index >= 15 is 0 Å². The Kier molecular flexibility index (Phi) is 7.02. The molecule has 0 aliphatic carbocycles. The zero-order valence-electron chi connectivity index (χ0n) is 8.55. The van der Waals surface area contributed by atoms with Gasteiger partial charge in [-0.1, -0.05) is 13.2 Å². The van der Waals surface area contributed by atoms with Gasteiger partial charge in [0, 0.05) is 18.6 Å². The lowest BCUT2D eigenvalue weighted by Gasteiger charge is -2.15. The fraction of sp³-hybridized carbons (Fsp3) is 0.300. The summed E-state index contributed by atoms with van der Waals surface area (Å²) < 4.78 is 9.36. The Morgan fingerprint density at radius 1 is 1.25 bits per heavy atom. The molecule has 0 aromatic heterocycles. The van der Waals surface area contributed by atoms with Gasteiger partial charge in [-0.2, -0.15) is 0 Å². The van der Waals surface area contributed by atoms with Crippen molar-refractivity contribution in [2.24, 2.45) is 4.99 Å². The lowest BCUT2D eigenvalue weighted by Crippen LogP contribution is -2.23. The summed E-state index contributed by atoms with van der Waals surface area (Å²) in [6, 6.07) is 0. The zero-order valence-corrected chi connectivity index (χ0v) is 8.55. The first-order valence-corrected chi connectivity index (χ1v) is 4.33. The average molecular weight is 225 g/mol. The van der Waals surface area contributed by atoms with Gasteiger partial charge in [0.25, 0.3) is 0 Å². The van der Waals surface area contributed by atoms with E-state index in [9.17, 15) is 14.4 Å². The molecule has 0 aromatic rings. The fourth-order valence-corrected chi connectivity index (χ4v) is 0.713. The van der Waals surface area contributed by atoms with Crippen molar-refractivity contribution in [3.05, 3.63) is 25.3 Å². The second kappa shape index (κ2) is 8.14. The molecule has 0 aromatic carbocycles. The van der Waals surface area contributed by atoms with Gasteiger partial charge in [-0.05, 0) is 0 Å². The van der Waals surface area contributed by atoms with E-state index in [0.29, 0.717) is 0 Å². The van der Waals surface area contributed by atoms with Crippen molar-refractivity contribution in [1.82, 2.24) is 0 Å². The molecule has 0 rings (SSSR count). The van der Waals surface area contributed by atoms with Gasteiger partial charge in [-0.25, -0.2) is 19.4 Å². The van der Waals surface area contributed by atoms with Crippen LogP contribution in [0.25, 0.3) is 0 Å². The van der Waals surface area contributed by atoms with E-state index in [1.165, 1.54) is 6.08 Å². The minimum Gasteiger partial charge on any atom is -0.422 e. The number of aliphatic imine (C=N–C) groups is 1. The summed E-state index contributed by atoms with van der Waals surface area (Å²) in [5.74, 6) is -1.48. The molecule has 16 heavy (non-hydrogen) atoms. The van der Waals surface area contributed by atoms with E-state index in [1.807, 2.05) is 0 Å². The maximum atomic E-state index is 10.9. The van der Waals surface area contributed by atoms with Gasteiger partial charge in [0.1, 0.15) is 0 Å². The quantitative estimate of drug-likeness (QED) is 0.207. The highest BCUT2D eigenvalue weighted by Gasteiger charge is 2.15. The van der Waals surface area contributed by atoms with Crippen LogP contribution in [0.2, 0.25) is 0 Å². The molecule has 86 valence electrons. The highest BCUT2D eigenvalue weighted by molar-refractivity contribution is 5.83. The largest absolute Gasteiger partial charge is 0.422 e. The van der Waals surface area contributed by atoms with E-state index in [4.69, 9.17) is 0 Å². The topological polar surface area (TPSA) is 82.0 Å². The number of rotatable bonds is 7. The maximum absolute atomic E-state index is 10.9. The molecule has 0 aliphatic rings. The second-order valence-corrected chi connectivity index (χ2v) is 2.47. The number of nitrogens with zero attached hydrogens (tertiary/aromatic N) is 1. The minimum absolute atomic E-state index is 0.0308. The molecular formula is C10H11NO5. The standard InChI is InChI=1S/C10H11NO5/c1-3-8(13)15-10(5-6-11-7-12)16-9(14)4-2/h3-4,10H,1-2,5-6H2. The first-order valence-electron chi connectivity index (χ1n) is 4.33. The van der Waals surface area contributed by atoms with Gasteiger partial charge in [-0.3, -0.25) is 0 Å². The van der Waals surface area contributed by atoms with Crippen LogP contribution in [0.5, 0.6) is 0 Å². The van der Waals surface area contributed by atoms with Gasteiger partial charge < -0.3 is 9.47 Å². The van der Waals surface area contributed by atoms with E-state index in [-0.39, 0.29) is 13.0 Å². The Morgan fingerprint density at radius 3 is 2.12 bits per heavy atom. The molecule has 0 amide bonds. The Balaban J connectivity index is 4.30. The van der Waals surface area contributed by atoms with Crippen LogP contribution in [-0.2, 0) is 23.9 Å². The van der Waals surface area contributed by atoms with Crippen LogP contribution in [0, 0.1) is 0 Å². The van der Waals surface area contributed by atoms with Crippen molar-refractivity contribution in [3.8, 4) is 0 Å². The summed E-state index contributed by atoms with van der Waals surface area (Å²) in [5.41, 5.74) is 0. The normalized spacial score (nSPS) is 8.81. The van der Waals surface area contributed by atoms with Gasteiger partial charge in [0.2, 0.25) is 12.4 Å². The monoisotopic (exact) mass is 225 g/mol. The molecule has 0 fully saturated rings. The third kappa shape index (κ3) is 6.28. The second-order valence-electron chi connectivity index (χ2n) is 2.47. The first-order chi connectivity index (χ1) is 7.63. The van der Waals surface area contributed by atoms with Crippen LogP contribution >= 0.6 is 0 Å². The Labute approximate surface area is 92.3 Å². The molecule has 0 saturated heterocycles. The van der Waals surface area contributed by atoms with E-state index in [2.05, 4.69) is 27.6 Å². The molecule has 6 nitrogen and oxygen atoms in total. The SMILES string of the molecule is C=CC(=O)OC(CCN=C=O)OC(=O)C=C. The fourth-order valence-electron chi connectivity index (χ4n) is 0.713. The van der Waals surface area contributed by atoms with Crippen LogP contribution in [0.15, 0.2) is 30.3 Å². The first kappa shape index (κ1) is 13.8. The van der Waals surface area contributed by atoms with Gasteiger partial charge >= 0.3 is 11.9 Å². The van der Waals surface area contributed by atoms with E-state index in [0.717, 1.165) is 12.2 Å². The smallest absolute Gasteiger partial charge is 0.333 e. The summed E-state index contributed by atoms with van der Waals surface area (Å²) in [6.45, 7) is 6.41. The molecule has 6 heteroatoms. The average Bonchev–Trinajstić information content (AvgIpc) is 2.28. The van der Waals surface area contributed by atoms with Crippen molar-refractivity contribution in [2.45, 2.75) is 12.7 Å². The minimum atomic E-state index is -1.12. The lowest BCUT2D eigenvalue weighted by atomic mass is 10.4. The van der Waals surface area contributed by atoms with Crippen molar-refractivity contribution >= 4 is 18.0 Å². The molecule has 0 radical (unpaired) electrons. The van der Waals surface area contributed by atoms with Crippen molar-refractivity contribution in [2.75, 3.05) is 6.54 Å². The number of hydrogen-bond acceptors (Lipinski definition) is 6. The molecule has 0 spiro atoms. The van der Waals surface area contributed by atoms with Gasteiger partial charge in [0.05, 0.1) is 6.54 Å². The highest BCUT2D eigenvalue weighted by Crippen LogP contribution is 2.03.